The molecule has 0 spiro atoms. The largest absolute Gasteiger partial charge is 0.368 e. The molecular formula is C16H23N11O. The quantitative estimate of drug-likeness (QED) is 0.441. The van der Waals surface area contributed by atoms with Crippen LogP contribution < -0.4 is 22.9 Å². The minimum Gasteiger partial charge on any atom is -0.368 e. The fourth-order valence-corrected chi connectivity index (χ4v) is 3.04. The van der Waals surface area contributed by atoms with Crippen LogP contribution in [-0.2, 0) is 17.6 Å². The molecule has 0 bridgehead atoms. The Labute approximate surface area is 161 Å². The van der Waals surface area contributed by atoms with Crippen molar-refractivity contribution >= 4 is 29.6 Å². The number of aromatic nitrogens is 6. The number of aryl methyl sites for hydroxylation is 2. The molecule has 0 aliphatic heterocycles. The normalized spacial score (nSPS) is 11.1. The van der Waals surface area contributed by atoms with Gasteiger partial charge in [0.25, 0.3) is 0 Å². The van der Waals surface area contributed by atoms with E-state index in [1.165, 1.54) is 6.92 Å². The molecule has 0 saturated carbocycles. The van der Waals surface area contributed by atoms with Crippen molar-refractivity contribution in [1.29, 1.82) is 5.26 Å². The summed E-state index contributed by atoms with van der Waals surface area (Å²) in [5.74, 6) is 0.802. The zero-order chi connectivity index (χ0) is 20.7. The van der Waals surface area contributed by atoms with E-state index in [0.717, 1.165) is 0 Å². The number of carbonyl (C=O) groups is 1. The molecule has 0 atom stereocenters. The molecule has 0 unspecified atom stereocenters. The molecule has 28 heavy (non-hydrogen) atoms. The summed E-state index contributed by atoms with van der Waals surface area (Å²) in [5, 5.41) is 9.03. The summed E-state index contributed by atoms with van der Waals surface area (Å²) in [6.45, 7) is 1.50. The molecular weight excluding hydrogens is 362 g/mol. The molecule has 0 amide bonds. The van der Waals surface area contributed by atoms with Gasteiger partial charge in [0.2, 0.25) is 23.8 Å². The molecule has 0 radical (unpaired) electrons. The topological polar surface area (TPSA) is 222 Å². The van der Waals surface area contributed by atoms with E-state index in [4.69, 9.17) is 28.2 Å². The van der Waals surface area contributed by atoms with Crippen LogP contribution in [0.3, 0.4) is 0 Å². The summed E-state index contributed by atoms with van der Waals surface area (Å²) in [7, 11) is 0. The average Bonchev–Trinajstić information content (AvgIpc) is 2.59. The molecule has 8 N–H and O–H groups in total. The second kappa shape index (κ2) is 8.85. The van der Waals surface area contributed by atoms with Gasteiger partial charge in [-0.2, -0.15) is 35.2 Å². The van der Waals surface area contributed by atoms with Crippen molar-refractivity contribution in [2.45, 2.75) is 45.4 Å². The maximum Gasteiger partial charge on any atom is 0.225 e. The van der Waals surface area contributed by atoms with Gasteiger partial charge in [-0.15, -0.1) is 0 Å². The van der Waals surface area contributed by atoms with E-state index in [0.29, 0.717) is 43.8 Å². The predicted molar refractivity (Wildman–Crippen MR) is 102 cm³/mol. The van der Waals surface area contributed by atoms with E-state index in [1.807, 2.05) is 0 Å². The molecule has 2 rings (SSSR count). The third-order valence-electron chi connectivity index (χ3n) is 4.55. The molecule has 12 nitrogen and oxygen atoms in total. The van der Waals surface area contributed by atoms with Crippen molar-refractivity contribution in [2.24, 2.45) is 5.41 Å². The number of nitrogen functional groups attached to an aromatic ring is 4. The Morgan fingerprint density at radius 3 is 1.54 bits per heavy atom. The first-order chi connectivity index (χ1) is 13.2. The Morgan fingerprint density at radius 2 is 1.21 bits per heavy atom. The number of anilines is 4. The van der Waals surface area contributed by atoms with Crippen LogP contribution in [-0.4, -0.2) is 35.7 Å². The highest BCUT2D eigenvalue weighted by Crippen LogP contribution is 2.36. The van der Waals surface area contributed by atoms with Gasteiger partial charge in [-0.1, -0.05) is 0 Å². The Kier molecular flexibility index (Phi) is 6.54. The zero-order valence-corrected chi connectivity index (χ0v) is 15.6. The summed E-state index contributed by atoms with van der Waals surface area (Å²) in [6.07, 6.45) is 2.12. The highest BCUT2D eigenvalue weighted by molar-refractivity contribution is 5.82. The van der Waals surface area contributed by atoms with Crippen molar-refractivity contribution in [3.8, 4) is 6.07 Å². The van der Waals surface area contributed by atoms with Crippen molar-refractivity contribution in [3.05, 3.63) is 11.6 Å². The van der Waals surface area contributed by atoms with Crippen molar-refractivity contribution in [2.75, 3.05) is 22.9 Å². The lowest BCUT2D eigenvalue weighted by atomic mass is 9.72. The number of hydrogen-bond acceptors (Lipinski definition) is 12. The van der Waals surface area contributed by atoms with Gasteiger partial charge >= 0.3 is 0 Å². The minimum absolute atomic E-state index is 0.0177. The van der Waals surface area contributed by atoms with Gasteiger partial charge in [0.15, 0.2) is 0 Å². The Hall–Kier alpha value is -3.62. The van der Waals surface area contributed by atoms with Gasteiger partial charge in [-0.05, 0) is 26.2 Å². The summed E-state index contributed by atoms with van der Waals surface area (Å²) in [6, 6.07) is 2.10. The van der Waals surface area contributed by atoms with Crippen molar-refractivity contribution in [3.63, 3.8) is 0 Å². The van der Waals surface area contributed by atoms with Crippen LogP contribution in [0.25, 0.3) is 0 Å². The molecule has 2 aromatic heterocycles. The second-order valence-electron chi connectivity index (χ2n) is 6.43. The van der Waals surface area contributed by atoms with Gasteiger partial charge < -0.3 is 22.9 Å². The first-order valence-electron chi connectivity index (χ1n) is 8.64. The van der Waals surface area contributed by atoms with E-state index in [-0.39, 0.29) is 36.0 Å². The maximum absolute atomic E-state index is 12.6. The van der Waals surface area contributed by atoms with Gasteiger partial charge in [0.1, 0.15) is 17.4 Å². The Morgan fingerprint density at radius 1 is 0.821 bits per heavy atom. The first-order valence-corrected chi connectivity index (χ1v) is 8.64. The molecule has 2 aromatic rings. The summed E-state index contributed by atoms with van der Waals surface area (Å²) < 4.78 is 0. The molecule has 0 aliphatic rings. The van der Waals surface area contributed by atoms with Gasteiger partial charge in [-0.3, -0.25) is 4.79 Å². The predicted octanol–water partition coefficient (Wildman–Crippen LogP) is -0.170. The van der Waals surface area contributed by atoms with E-state index in [2.05, 4.69) is 36.0 Å². The molecule has 0 fully saturated rings. The number of nitriles is 1. The third kappa shape index (κ3) is 5.44. The Balaban J connectivity index is 2.22. The zero-order valence-electron chi connectivity index (χ0n) is 15.6. The molecule has 0 saturated heterocycles. The van der Waals surface area contributed by atoms with Crippen LogP contribution >= 0.6 is 0 Å². The number of nitrogens with zero attached hydrogens (tertiary/aromatic N) is 7. The van der Waals surface area contributed by atoms with Crippen molar-refractivity contribution < 1.29 is 4.79 Å². The highest BCUT2D eigenvalue weighted by atomic mass is 16.1. The number of hydrogen-bond donors (Lipinski definition) is 4. The van der Waals surface area contributed by atoms with E-state index in [9.17, 15) is 4.79 Å². The number of rotatable bonds is 9. The van der Waals surface area contributed by atoms with Crippen LogP contribution in [0.1, 0.15) is 44.3 Å². The Bertz CT molecular complexity index is 797. The first kappa shape index (κ1) is 20.7. The molecule has 0 aromatic carbocycles. The number of nitrogens with two attached hydrogens (primary N) is 4. The van der Waals surface area contributed by atoms with E-state index >= 15 is 0 Å². The van der Waals surface area contributed by atoms with Gasteiger partial charge in [0, 0.05) is 24.7 Å². The van der Waals surface area contributed by atoms with Crippen molar-refractivity contribution in [1.82, 2.24) is 29.9 Å². The van der Waals surface area contributed by atoms with Gasteiger partial charge in [0.05, 0.1) is 6.07 Å². The van der Waals surface area contributed by atoms with Crippen LogP contribution in [0.2, 0.25) is 0 Å². The highest BCUT2D eigenvalue weighted by Gasteiger charge is 2.35. The summed E-state index contributed by atoms with van der Waals surface area (Å²) in [4.78, 5) is 36.2. The standard InChI is InChI=1S/C16H23N11O/c1-9(28)16(5-2-8-17,6-3-10-22-12(18)26-13(19)23-10)7-4-11-24-14(20)27-15(21)25-11/h2-7H2,1H3,(H4,18,19,22,23,26)(H4,20,21,24,25,27). The average molecular weight is 385 g/mol. The fourth-order valence-electron chi connectivity index (χ4n) is 3.04. The number of carbonyl (C=O) groups excluding carboxylic acids is 1. The molecule has 0 aliphatic carbocycles. The third-order valence-corrected chi connectivity index (χ3v) is 4.55. The molecule has 12 heteroatoms. The van der Waals surface area contributed by atoms with Crippen LogP contribution in [0.5, 0.6) is 0 Å². The smallest absolute Gasteiger partial charge is 0.225 e. The van der Waals surface area contributed by atoms with E-state index in [1.54, 1.807) is 0 Å². The van der Waals surface area contributed by atoms with Gasteiger partial charge in [-0.25, -0.2) is 0 Å². The lowest BCUT2D eigenvalue weighted by Gasteiger charge is -2.30. The lowest BCUT2D eigenvalue weighted by molar-refractivity contribution is -0.127. The monoisotopic (exact) mass is 385 g/mol. The maximum atomic E-state index is 12.6. The summed E-state index contributed by atoms with van der Waals surface area (Å²) in [5.41, 5.74) is 21.6. The number of ketones is 1. The van der Waals surface area contributed by atoms with Crippen LogP contribution in [0.4, 0.5) is 23.8 Å². The molecule has 2 heterocycles. The minimum atomic E-state index is -0.790. The lowest BCUT2D eigenvalue weighted by Crippen LogP contribution is -2.31. The summed E-state index contributed by atoms with van der Waals surface area (Å²) >= 11 is 0. The van der Waals surface area contributed by atoms with Crippen LogP contribution in [0, 0.1) is 16.7 Å². The van der Waals surface area contributed by atoms with Crippen LogP contribution in [0.15, 0.2) is 0 Å². The van der Waals surface area contributed by atoms with E-state index < -0.39 is 5.41 Å². The SMILES string of the molecule is CC(=O)C(CCC#N)(CCc1nc(N)nc(N)n1)CCc1nc(N)nc(N)n1. The molecule has 148 valence electrons. The number of Topliss-reactive ketones (excluding diaryl/α,β-unsaturated/α-hetero) is 1. The second-order valence-corrected chi connectivity index (χ2v) is 6.43. The fraction of sp³-hybridized carbons (Fsp3) is 0.500.